The molecule has 0 radical (unpaired) electrons. The van der Waals surface area contributed by atoms with Gasteiger partial charge in [0, 0.05) is 32.3 Å². The minimum atomic E-state index is -0.433. The van der Waals surface area contributed by atoms with Gasteiger partial charge >= 0.3 is 0 Å². The van der Waals surface area contributed by atoms with E-state index in [4.69, 9.17) is 4.74 Å². The Labute approximate surface area is 152 Å². The number of anilines is 1. The number of halogens is 1. The Balaban J connectivity index is 1.60. The summed E-state index contributed by atoms with van der Waals surface area (Å²) in [6.45, 7) is 0. The van der Waals surface area contributed by atoms with Gasteiger partial charge in [-0.25, -0.2) is 0 Å². The first-order valence-corrected chi connectivity index (χ1v) is 8.98. The third-order valence-electron chi connectivity index (χ3n) is 5.38. The van der Waals surface area contributed by atoms with Crippen molar-refractivity contribution in [3.8, 4) is 5.75 Å². The van der Waals surface area contributed by atoms with Crippen LogP contribution in [0.1, 0.15) is 23.5 Å². The zero-order valence-corrected chi connectivity index (χ0v) is 15.2. The number of carbonyl (C=O) groups excluding carboxylic acids is 1. The van der Waals surface area contributed by atoms with Crippen LogP contribution in [0.25, 0.3) is 10.9 Å². The summed E-state index contributed by atoms with van der Waals surface area (Å²) in [6, 6.07) is 12.3. The summed E-state index contributed by atoms with van der Waals surface area (Å²) in [5, 5.41) is 4.27. The van der Waals surface area contributed by atoms with Crippen LogP contribution in [0.2, 0.25) is 0 Å². The number of fused-ring (bicyclic) bond motifs is 3. The van der Waals surface area contributed by atoms with E-state index in [0.29, 0.717) is 0 Å². The average Bonchev–Trinajstić information content (AvgIpc) is 3.17. The van der Waals surface area contributed by atoms with Crippen molar-refractivity contribution in [1.29, 1.82) is 0 Å². The molecule has 2 heterocycles. The lowest BCUT2D eigenvalue weighted by Gasteiger charge is -2.10. The summed E-state index contributed by atoms with van der Waals surface area (Å²) >= 11 is 2.33. The number of aromatic nitrogens is 1. The number of rotatable bonds is 2. The predicted octanol–water partition coefficient (Wildman–Crippen LogP) is 4.16. The third kappa shape index (κ3) is 1.76. The fourth-order valence-electron chi connectivity index (χ4n) is 4.02. The molecule has 0 bridgehead atoms. The second kappa shape index (κ2) is 4.75. The zero-order valence-electron chi connectivity index (χ0n) is 13.0. The summed E-state index contributed by atoms with van der Waals surface area (Å²) in [7, 11) is 1.66. The molecule has 5 rings (SSSR count). The van der Waals surface area contributed by atoms with E-state index in [9.17, 15) is 4.79 Å². The van der Waals surface area contributed by atoms with E-state index < -0.39 is 5.41 Å². The molecule has 1 saturated carbocycles. The minimum absolute atomic E-state index is 0.108. The van der Waals surface area contributed by atoms with Gasteiger partial charge in [0.25, 0.3) is 0 Å². The summed E-state index contributed by atoms with van der Waals surface area (Å²) in [5.74, 6) is 1.12. The van der Waals surface area contributed by atoms with E-state index in [1.165, 1.54) is 14.5 Å². The van der Waals surface area contributed by atoms with Crippen LogP contribution in [0.3, 0.4) is 0 Å². The molecule has 2 aliphatic rings. The summed E-state index contributed by atoms with van der Waals surface area (Å²) in [6.07, 6.45) is 2.86. The van der Waals surface area contributed by atoms with Crippen molar-refractivity contribution in [2.45, 2.75) is 17.8 Å². The molecule has 2 aromatic carbocycles. The second-order valence-corrected chi connectivity index (χ2v) is 7.70. The number of benzene rings is 2. The highest BCUT2D eigenvalue weighted by Gasteiger charge is 2.65. The Morgan fingerprint density at radius 1 is 1.25 bits per heavy atom. The lowest BCUT2D eigenvalue weighted by atomic mass is 9.91. The van der Waals surface area contributed by atoms with Gasteiger partial charge in [0.05, 0.1) is 12.5 Å². The van der Waals surface area contributed by atoms with Gasteiger partial charge in [0.1, 0.15) is 5.75 Å². The van der Waals surface area contributed by atoms with Gasteiger partial charge in [-0.2, -0.15) is 0 Å². The van der Waals surface area contributed by atoms with Crippen LogP contribution in [0.4, 0.5) is 5.69 Å². The Hall–Kier alpha value is -2.02. The van der Waals surface area contributed by atoms with Crippen LogP contribution in [0.15, 0.2) is 42.6 Å². The van der Waals surface area contributed by atoms with Crippen molar-refractivity contribution in [2.24, 2.45) is 0 Å². The van der Waals surface area contributed by atoms with Crippen molar-refractivity contribution in [3.05, 3.63) is 57.3 Å². The largest absolute Gasteiger partial charge is 0.497 e. The monoisotopic (exact) mass is 430 g/mol. The number of H-pyrrole nitrogens is 1. The first kappa shape index (κ1) is 14.3. The van der Waals surface area contributed by atoms with Crippen molar-refractivity contribution < 1.29 is 9.53 Å². The molecular weight excluding hydrogens is 415 g/mol. The highest BCUT2D eigenvalue weighted by Crippen LogP contribution is 2.65. The Kier molecular flexibility index (Phi) is 2.84. The molecule has 3 aromatic rings. The molecule has 2 atom stereocenters. The quantitative estimate of drug-likeness (QED) is 0.601. The second-order valence-electron chi connectivity index (χ2n) is 6.54. The Morgan fingerprint density at radius 2 is 2.12 bits per heavy atom. The van der Waals surface area contributed by atoms with Crippen molar-refractivity contribution in [3.63, 3.8) is 0 Å². The number of hydrogen-bond donors (Lipinski definition) is 2. The minimum Gasteiger partial charge on any atom is -0.497 e. The number of methoxy groups -OCH3 is 1. The maximum absolute atomic E-state index is 12.7. The lowest BCUT2D eigenvalue weighted by molar-refractivity contribution is -0.118. The first-order chi connectivity index (χ1) is 11.6. The van der Waals surface area contributed by atoms with Gasteiger partial charge in [0.15, 0.2) is 0 Å². The van der Waals surface area contributed by atoms with E-state index >= 15 is 0 Å². The van der Waals surface area contributed by atoms with Gasteiger partial charge in [-0.3, -0.25) is 4.79 Å². The van der Waals surface area contributed by atoms with Crippen LogP contribution < -0.4 is 10.1 Å². The molecule has 1 aliphatic carbocycles. The molecule has 1 amide bonds. The van der Waals surface area contributed by atoms with Crippen LogP contribution >= 0.6 is 22.6 Å². The number of hydrogen-bond acceptors (Lipinski definition) is 2. The lowest BCUT2D eigenvalue weighted by Crippen LogP contribution is -2.21. The van der Waals surface area contributed by atoms with Gasteiger partial charge < -0.3 is 15.0 Å². The normalized spacial score (nSPS) is 24.2. The van der Waals surface area contributed by atoms with Gasteiger partial charge in [-0.15, -0.1) is 0 Å². The molecule has 5 heteroatoms. The number of nitrogens with one attached hydrogen (secondary N) is 2. The number of ether oxygens (including phenoxy) is 1. The first-order valence-electron chi connectivity index (χ1n) is 7.90. The SMILES string of the molecule is COc1ccc2c(c1)[C@]1(C[C@H]1c1ccc3c(I)c[nH]c3c1)C(=O)N2. The van der Waals surface area contributed by atoms with Gasteiger partial charge in [0.2, 0.25) is 5.91 Å². The summed E-state index contributed by atoms with van der Waals surface area (Å²) in [4.78, 5) is 16.0. The summed E-state index contributed by atoms with van der Waals surface area (Å²) < 4.78 is 6.57. The van der Waals surface area contributed by atoms with Crippen LogP contribution in [-0.2, 0) is 10.2 Å². The van der Waals surface area contributed by atoms with Crippen LogP contribution in [-0.4, -0.2) is 18.0 Å². The molecule has 2 N–H and O–H groups in total. The zero-order chi connectivity index (χ0) is 16.5. The maximum Gasteiger partial charge on any atom is 0.235 e. The smallest absolute Gasteiger partial charge is 0.235 e. The van der Waals surface area contributed by atoms with Gasteiger partial charge in [-0.1, -0.05) is 12.1 Å². The molecule has 1 spiro atoms. The molecule has 1 fully saturated rings. The number of carbonyl (C=O) groups is 1. The third-order valence-corrected chi connectivity index (χ3v) is 6.27. The molecule has 0 saturated heterocycles. The number of amides is 1. The fourth-order valence-corrected chi connectivity index (χ4v) is 4.65. The van der Waals surface area contributed by atoms with Crippen molar-refractivity contribution >= 4 is 45.1 Å². The van der Waals surface area contributed by atoms with E-state index in [-0.39, 0.29) is 11.8 Å². The van der Waals surface area contributed by atoms with E-state index in [2.05, 4.69) is 51.1 Å². The molecule has 4 nitrogen and oxygen atoms in total. The average molecular weight is 430 g/mol. The van der Waals surface area contributed by atoms with E-state index in [1.54, 1.807) is 7.11 Å². The highest BCUT2D eigenvalue weighted by atomic mass is 127. The van der Waals surface area contributed by atoms with Crippen molar-refractivity contribution in [1.82, 2.24) is 4.98 Å². The molecule has 120 valence electrons. The molecule has 24 heavy (non-hydrogen) atoms. The topological polar surface area (TPSA) is 54.1 Å². The highest BCUT2D eigenvalue weighted by molar-refractivity contribution is 14.1. The fraction of sp³-hybridized carbons (Fsp3) is 0.211. The molecule has 1 aromatic heterocycles. The van der Waals surface area contributed by atoms with E-state index in [0.717, 1.165) is 28.9 Å². The van der Waals surface area contributed by atoms with Crippen molar-refractivity contribution in [2.75, 3.05) is 12.4 Å². The Morgan fingerprint density at radius 3 is 2.96 bits per heavy atom. The standard InChI is InChI=1S/C19H15IN2O2/c1-24-11-3-5-16-13(7-11)19(18(23)22-16)8-14(19)10-2-4-12-15(20)9-21-17(12)6-10/h2-7,9,14,21H,8H2,1H3,(H,22,23)/t14-,19-/m0/s1. The van der Waals surface area contributed by atoms with Gasteiger partial charge in [-0.05, 0) is 64.4 Å². The molecule has 1 aliphatic heterocycles. The van der Waals surface area contributed by atoms with Crippen LogP contribution in [0.5, 0.6) is 5.75 Å². The molecular formula is C19H15IN2O2. The summed E-state index contributed by atoms with van der Waals surface area (Å²) in [5.41, 5.74) is 3.89. The van der Waals surface area contributed by atoms with E-state index in [1.807, 2.05) is 24.4 Å². The Bertz CT molecular complexity index is 1010. The number of aromatic amines is 1. The van der Waals surface area contributed by atoms with Crippen LogP contribution in [0, 0.1) is 3.57 Å². The molecule has 0 unspecified atom stereocenters. The predicted molar refractivity (Wildman–Crippen MR) is 102 cm³/mol. The maximum atomic E-state index is 12.7.